The van der Waals surface area contributed by atoms with Crippen molar-refractivity contribution in [3.05, 3.63) is 29.3 Å². The summed E-state index contributed by atoms with van der Waals surface area (Å²) in [5.41, 5.74) is 3.75. The number of hydrogen-bond donors (Lipinski definition) is 1. The Hall–Kier alpha value is -1.56. The topological polar surface area (TPSA) is 66.5 Å². The summed E-state index contributed by atoms with van der Waals surface area (Å²) in [6, 6.07) is 5.68. The van der Waals surface area contributed by atoms with Crippen LogP contribution < -0.4 is 5.32 Å². The van der Waals surface area contributed by atoms with Gasteiger partial charge in [-0.1, -0.05) is 12.1 Å². The zero-order chi connectivity index (χ0) is 17.3. The molecule has 1 fully saturated rings. The largest absolute Gasteiger partial charge is 0.374 e. The van der Waals surface area contributed by atoms with Crippen LogP contribution in [0.15, 0.2) is 18.2 Å². The van der Waals surface area contributed by atoms with Gasteiger partial charge < -0.3 is 10.2 Å². The van der Waals surface area contributed by atoms with E-state index in [1.807, 2.05) is 19.1 Å². The summed E-state index contributed by atoms with van der Waals surface area (Å²) in [4.78, 5) is 14.3. The van der Waals surface area contributed by atoms with Crippen LogP contribution in [-0.2, 0) is 27.5 Å². The van der Waals surface area contributed by atoms with Gasteiger partial charge in [0.2, 0.25) is 5.91 Å². The van der Waals surface area contributed by atoms with Gasteiger partial charge in [-0.15, -0.1) is 0 Å². The van der Waals surface area contributed by atoms with E-state index >= 15 is 0 Å². The van der Waals surface area contributed by atoms with Gasteiger partial charge in [-0.25, -0.2) is 8.42 Å². The molecule has 1 amide bonds. The third-order valence-electron chi connectivity index (χ3n) is 5.24. The van der Waals surface area contributed by atoms with E-state index in [2.05, 4.69) is 11.4 Å². The monoisotopic (exact) mass is 350 g/mol. The molecule has 0 radical (unpaired) electrons. The molecular weight excluding hydrogens is 324 g/mol. The number of nitrogens with one attached hydrogen (secondary N) is 1. The van der Waals surface area contributed by atoms with Crippen LogP contribution in [0.1, 0.15) is 37.3 Å². The number of sulfone groups is 1. The maximum atomic E-state index is 12.7. The first-order chi connectivity index (χ1) is 11.4. The van der Waals surface area contributed by atoms with Gasteiger partial charge >= 0.3 is 0 Å². The van der Waals surface area contributed by atoms with Gasteiger partial charge in [0.1, 0.15) is 6.04 Å². The lowest BCUT2D eigenvalue weighted by Gasteiger charge is -2.28. The van der Waals surface area contributed by atoms with Crippen LogP contribution >= 0.6 is 0 Å². The molecule has 0 unspecified atom stereocenters. The van der Waals surface area contributed by atoms with Crippen LogP contribution in [0, 0.1) is 0 Å². The molecular formula is C18H26N2O3S. The molecule has 1 aliphatic carbocycles. The van der Waals surface area contributed by atoms with E-state index in [1.54, 1.807) is 11.9 Å². The molecule has 1 aromatic rings. The van der Waals surface area contributed by atoms with Gasteiger partial charge in [-0.3, -0.25) is 4.79 Å². The van der Waals surface area contributed by atoms with Crippen molar-refractivity contribution >= 4 is 21.4 Å². The van der Waals surface area contributed by atoms with Crippen LogP contribution in [0.4, 0.5) is 5.69 Å². The summed E-state index contributed by atoms with van der Waals surface area (Å²) >= 11 is 0. The number of rotatable bonds is 4. The van der Waals surface area contributed by atoms with Gasteiger partial charge in [0.25, 0.3) is 0 Å². The minimum atomic E-state index is -2.98. The van der Waals surface area contributed by atoms with Crippen molar-refractivity contribution in [3.63, 3.8) is 0 Å². The molecule has 1 heterocycles. The average molecular weight is 350 g/mol. The molecule has 5 nitrogen and oxygen atoms in total. The molecule has 1 saturated heterocycles. The lowest BCUT2D eigenvalue weighted by Crippen LogP contribution is -2.45. The van der Waals surface area contributed by atoms with Crippen LogP contribution in [0.2, 0.25) is 0 Å². The Labute approximate surface area is 144 Å². The highest BCUT2D eigenvalue weighted by Gasteiger charge is 2.34. The number of carbonyl (C=O) groups excluding carboxylic acids is 1. The van der Waals surface area contributed by atoms with E-state index in [4.69, 9.17) is 0 Å². The van der Waals surface area contributed by atoms with Crippen molar-refractivity contribution in [1.82, 2.24) is 4.90 Å². The van der Waals surface area contributed by atoms with E-state index in [0.717, 1.165) is 18.5 Å². The molecule has 1 aliphatic heterocycles. The predicted octanol–water partition coefficient (Wildman–Crippen LogP) is 2.01. The summed E-state index contributed by atoms with van der Waals surface area (Å²) in [6.45, 7) is 1.85. The molecule has 3 rings (SSSR count). The third-order valence-corrected chi connectivity index (χ3v) is 6.99. The third kappa shape index (κ3) is 3.58. The second-order valence-electron chi connectivity index (χ2n) is 7.02. The summed E-state index contributed by atoms with van der Waals surface area (Å²) in [7, 11) is -1.27. The van der Waals surface area contributed by atoms with Gasteiger partial charge in [-0.2, -0.15) is 0 Å². The number of benzene rings is 1. The highest BCUT2D eigenvalue weighted by atomic mass is 32.2. The Kier molecular flexibility index (Phi) is 4.85. The summed E-state index contributed by atoms with van der Waals surface area (Å²) < 4.78 is 23.3. The number of nitrogens with zero attached hydrogens (tertiary/aromatic N) is 1. The first kappa shape index (κ1) is 17.3. The van der Waals surface area contributed by atoms with Crippen LogP contribution in [0.3, 0.4) is 0 Å². The molecule has 2 atom stereocenters. The van der Waals surface area contributed by atoms with E-state index in [-0.39, 0.29) is 29.5 Å². The lowest BCUT2D eigenvalue weighted by atomic mass is 9.90. The highest BCUT2D eigenvalue weighted by molar-refractivity contribution is 7.91. The van der Waals surface area contributed by atoms with Crippen molar-refractivity contribution in [2.45, 2.75) is 51.1 Å². The van der Waals surface area contributed by atoms with Crippen LogP contribution in [0.5, 0.6) is 0 Å². The molecule has 0 spiro atoms. The Balaban J connectivity index is 1.69. The number of hydrogen-bond acceptors (Lipinski definition) is 4. The molecule has 1 aromatic carbocycles. The summed E-state index contributed by atoms with van der Waals surface area (Å²) in [5.74, 6) is 0.219. The average Bonchev–Trinajstić information content (AvgIpc) is 2.93. The molecule has 0 aromatic heterocycles. The van der Waals surface area contributed by atoms with Crippen molar-refractivity contribution < 1.29 is 13.2 Å². The lowest BCUT2D eigenvalue weighted by molar-refractivity contribution is -0.132. The van der Waals surface area contributed by atoms with E-state index in [9.17, 15) is 13.2 Å². The molecule has 0 bridgehead atoms. The fourth-order valence-corrected chi connectivity index (χ4v) is 5.55. The van der Waals surface area contributed by atoms with Gasteiger partial charge in [-0.05, 0) is 56.2 Å². The fraction of sp³-hybridized carbons (Fsp3) is 0.611. The number of likely N-dealkylation sites (N-methyl/N-ethyl adjacent to an activating group) is 1. The number of carbonyl (C=O) groups is 1. The minimum Gasteiger partial charge on any atom is -0.374 e. The second-order valence-corrected chi connectivity index (χ2v) is 9.25. The normalized spacial score (nSPS) is 23.3. The predicted molar refractivity (Wildman–Crippen MR) is 96.0 cm³/mol. The SMILES string of the molecule is C[C@H](Nc1cccc2c1CCCC2)C(=O)N(C)[C@H]1CCS(=O)(=O)C1. The van der Waals surface area contributed by atoms with Gasteiger partial charge in [0, 0.05) is 18.8 Å². The van der Waals surface area contributed by atoms with Gasteiger partial charge in [0.05, 0.1) is 11.5 Å². The number of aryl methyl sites for hydroxylation is 1. The molecule has 0 saturated carbocycles. The first-order valence-corrected chi connectivity index (χ1v) is 10.5. The number of amides is 1. The molecule has 1 N–H and O–H groups in total. The van der Waals surface area contributed by atoms with E-state index < -0.39 is 9.84 Å². The Morgan fingerprint density at radius 3 is 2.75 bits per heavy atom. The quantitative estimate of drug-likeness (QED) is 0.902. The number of anilines is 1. The first-order valence-electron chi connectivity index (χ1n) is 8.72. The smallest absolute Gasteiger partial charge is 0.244 e. The summed E-state index contributed by atoms with van der Waals surface area (Å²) in [5, 5.41) is 3.35. The molecule has 6 heteroatoms. The van der Waals surface area contributed by atoms with E-state index in [1.165, 1.54) is 24.0 Å². The van der Waals surface area contributed by atoms with E-state index in [0.29, 0.717) is 6.42 Å². The zero-order valence-corrected chi connectivity index (χ0v) is 15.2. The Morgan fingerprint density at radius 2 is 2.04 bits per heavy atom. The van der Waals surface area contributed by atoms with Crippen molar-refractivity contribution in [2.24, 2.45) is 0 Å². The van der Waals surface area contributed by atoms with Crippen molar-refractivity contribution in [1.29, 1.82) is 0 Å². The molecule has 132 valence electrons. The van der Waals surface area contributed by atoms with Gasteiger partial charge in [0.15, 0.2) is 9.84 Å². The summed E-state index contributed by atoms with van der Waals surface area (Å²) in [6.07, 6.45) is 5.11. The van der Waals surface area contributed by atoms with Crippen molar-refractivity contribution in [2.75, 3.05) is 23.9 Å². The minimum absolute atomic E-state index is 0.0505. The van der Waals surface area contributed by atoms with Crippen molar-refractivity contribution in [3.8, 4) is 0 Å². The highest BCUT2D eigenvalue weighted by Crippen LogP contribution is 2.28. The fourth-order valence-electron chi connectivity index (χ4n) is 3.78. The Bertz CT molecular complexity index is 730. The molecule has 24 heavy (non-hydrogen) atoms. The number of fused-ring (bicyclic) bond motifs is 1. The maximum Gasteiger partial charge on any atom is 0.244 e. The Morgan fingerprint density at radius 1 is 1.29 bits per heavy atom. The van der Waals surface area contributed by atoms with Crippen LogP contribution in [0.25, 0.3) is 0 Å². The standard InChI is InChI=1S/C18H26N2O3S/c1-13(18(21)20(2)15-10-11-24(22,23)12-15)19-17-9-5-7-14-6-3-4-8-16(14)17/h5,7,9,13,15,19H,3-4,6,8,10-12H2,1-2H3/t13-,15-/m0/s1. The van der Waals surface area contributed by atoms with Crippen LogP contribution in [-0.4, -0.2) is 49.9 Å². The maximum absolute atomic E-state index is 12.7. The second kappa shape index (κ2) is 6.75. The zero-order valence-electron chi connectivity index (χ0n) is 14.4. The molecule has 2 aliphatic rings.